The van der Waals surface area contributed by atoms with Gasteiger partial charge >= 0.3 is 6.18 Å². The highest BCUT2D eigenvalue weighted by molar-refractivity contribution is 5.98. The van der Waals surface area contributed by atoms with Crippen molar-refractivity contribution in [2.24, 2.45) is 11.7 Å². The van der Waals surface area contributed by atoms with Crippen LogP contribution in [-0.4, -0.2) is 41.5 Å². The summed E-state index contributed by atoms with van der Waals surface area (Å²) < 4.78 is 50.7. The van der Waals surface area contributed by atoms with E-state index in [9.17, 15) is 22.8 Å². The van der Waals surface area contributed by atoms with Gasteiger partial charge in [0.2, 0.25) is 11.8 Å². The maximum absolute atomic E-state index is 13.2. The van der Waals surface area contributed by atoms with Gasteiger partial charge in [0, 0.05) is 29.5 Å². The third-order valence-electron chi connectivity index (χ3n) is 5.75. The minimum atomic E-state index is -4.64. The van der Waals surface area contributed by atoms with Crippen molar-refractivity contribution in [2.75, 3.05) is 13.7 Å². The van der Waals surface area contributed by atoms with Crippen LogP contribution < -0.4 is 21.1 Å². The molecule has 1 aliphatic carbocycles. The largest absolute Gasteiger partial charge is 0.494 e. The van der Waals surface area contributed by atoms with Crippen LogP contribution in [0.2, 0.25) is 0 Å². The third kappa shape index (κ3) is 5.27. The molecule has 36 heavy (non-hydrogen) atoms. The summed E-state index contributed by atoms with van der Waals surface area (Å²) in [5.74, 6) is -0.294. The van der Waals surface area contributed by atoms with Crippen LogP contribution in [0.1, 0.15) is 54.7 Å². The molecule has 1 aromatic carbocycles. The molecule has 0 radical (unpaired) electrons. The lowest BCUT2D eigenvalue weighted by Crippen LogP contribution is -2.42. The maximum Gasteiger partial charge on any atom is 0.433 e. The van der Waals surface area contributed by atoms with E-state index in [1.54, 1.807) is 19.9 Å². The molecule has 12 heteroatoms. The quantitative estimate of drug-likeness (QED) is 0.426. The number of ether oxygens (including phenoxy) is 1. The van der Waals surface area contributed by atoms with Crippen LogP contribution in [0.25, 0.3) is 22.4 Å². The van der Waals surface area contributed by atoms with E-state index < -0.39 is 29.9 Å². The summed E-state index contributed by atoms with van der Waals surface area (Å²) >= 11 is 0. The second kappa shape index (κ2) is 9.76. The zero-order valence-electron chi connectivity index (χ0n) is 19.9. The fraction of sp³-hybridized carbons (Fsp3) is 0.417. The normalized spacial score (nSPS) is 15.4. The number of alkyl halides is 3. The number of nitrogens with one attached hydrogen (secondary N) is 2. The number of aromatic nitrogens is 2. The molecule has 2 heterocycles. The summed E-state index contributed by atoms with van der Waals surface area (Å²) in [6.45, 7) is 3.60. The molecule has 0 spiro atoms. The molecule has 0 saturated heterocycles. The topological polar surface area (TPSA) is 132 Å². The number of hydrogen-bond donors (Lipinski definition) is 3. The van der Waals surface area contributed by atoms with E-state index in [2.05, 4.69) is 20.6 Å². The fourth-order valence-corrected chi connectivity index (χ4v) is 3.71. The molecule has 9 nitrogen and oxygen atoms in total. The van der Waals surface area contributed by atoms with Crippen LogP contribution in [0, 0.1) is 5.92 Å². The molecule has 3 aromatic rings. The summed E-state index contributed by atoms with van der Waals surface area (Å²) in [7, 11) is 1.33. The number of rotatable bonds is 8. The van der Waals surface area contributed by atoms with Crippen LogP contribution in [0.15, 0.2) is 28.7 Å². The molecule has 4 N–H and O–H groups in total. The first-order valence-electron chi connectivity index (χ1n) is 11.4. The highest BCUT2D eigenvalue weighted by Crippen LogP contribution is 2.37. The van der Waals surface area contributed by atoms with E-state index in [0.717, 1.165) is 18.9 Å². The van der Waals surface area contributed by atoms with Crippen molar-refractivity contribution < 1.29 is 31.9 Å². The van der Waals surface area contributed by atoms with Gasteiger partial charge in [-0.25, -0.2) is 9.97 Å². The van der Waals surface area contributed by atoms with Crippen molar-refractivity contribution in [2.45, 2.75) is 44.9 Å². The second-order valence-electron chi connectivity index (χ2n) is 8.82. The number of oxazole rings is 1. The van der Waals surface area contributed by atoms with Gasteiger partial charge in [0.05, 0.1) is 13.2 Å². The van der Waals surface area contributed by atoms with Crippen molar-refractivity contribution in [3.8, 4) is 17.2 Å². The van der Waals surface area contributed by atoms with E-state index in [-0.39, 0.29) is 47.0 Å². The predicted molar refractivity (Wildman–Crippen MR) is 124 cm³/mol. The molecule has 0 unspecified atom stereocenters. The molecule has 1 saturated carbocycles. The molecule has 4 rings (SSSR count). The standard InChI is InChI=1S/C24H26F3N5O4/c1-11(10-29-21(33)13-4-5-13)30-22(34)19-20(12(2)28)36-23(32-19)15-6-8-16(35-3)18-14(15)7-9-17(31-18)24(25,26)27/h6-9,11-13H,4-5,10,28H2,1-3H3,(H,29,33)(H,30,34)/t11-,12-/m0/s1. The Kier molecular flexibility index (Phi) is 6.90. The highest BCUT2D eigenvalue weighted by Gasteiger charge is 2.33. The lowest BCUT2D eigenvalue weighted by molar-refractivity contribution is -0.141. The molecule has 0 aliphatic heterocycles. The van der Waals surface area contributed by atoms with Gasteiger partial charge in [-0.3, -0.25) is 9.59 Å². The van der Waals surface area contributed by atoms with E-state index in [4.69, 9.17) is 14.9 Å². The van der Waals surface area contributed by atoms with Crippen LogP contribution in [0.4, 0.5) is 13.2 Å². The third-order valence-corrected chi connectivity index (χ3v) is 5.75. The Morgan fingerprint density at radius 2 is 1.92 bits per heavy atom. The van der Waals surface area contributed by atoms with Crippen LogP contribution >= 0.6 is 0 Å². The van der Waals surface area contributed by atoms with E-state index in [1.165, 1.54) is 19.2 Å². The number of methoxy groups -OCH3 is 1. The number of fused-ring (bicyclic) bond motifs is 1. The Morgan fingerprint density at radius 1 is 1.19 bits per heavy atom. The Balaban J connectivity index is 1.65. The van der Waals surface area contributed by atoms with E-state index >= 15 is 0 Å². The number of hydrogen-bond acceptors (Lipinski definition) is 7. The average Bonchev–Trinajstić information content (AvgIpc) is 3.58. The first-order valence-corrected chi connectivity index (χ1v) is 11.4. The number of pyridine rings is 1. The van der Waals surface area contributed by atoms with Crippen molar-refractivity contribution in [3.05, 3.63) is 41.4 Å². The lowest BCUT2D eigenvalue weighted by Gasteiger charge is -2.14. The van der Waals surface area contributed by atoms with Gasteiger partial charge in [-0.1, -0.05) is 0 Å². The van der Waals surface area contributed by atoms with Crippen LogP contribution in [0.3, 0.4) is 0 Å². The van der Waals surface area contributed by atoms with Gasteiger partial charge in [-0.05, 0) is 51.0 Å². The smallest absolute Gasteiger partial charge is 0.433 e. The molecule has 2 aromatic heterocycles. The summed E-state index contributed by atoms with van der Waals surface area (Å²) in [5.41, 5.74) is 5.17. The minimum Gasteiger partial charge on any atom is -0.494 e. The number of nitrogens with two attached hydrogens (primary N) is 1. The Labute approximate surface area is 204 Å². The zero-order chi connectivity index (χ0) is 26.2. The summed E-state index contributed by atoms with van der Waals surface area (Å²) in [4.78, 5) is 32.9. The maximum atomic E-state index is 13.2. The van der Waals surface area contributed by atoms with E-state index in [1.807, 2.05) is 0 Å². The van der Waals surface area contributed by atoms with Gasteiger partial charge < -0.3 is 25.5 Å². The van der Waals surface area contributed by atoms with Crippen molar-refractivity contribution >= 4 is 22.7 Å². The lowest BCUT2D eigenvalue weighted by atomic mass is 10.1. The monoisotopic (exact) mass is 505 g/mol. The predicted octanol–water partition coefficient (Wildman–Crippen LogP) is 3.58. The number of halogens is 3. The molecular weight excluding hydrogens is 479 g/mol. The van der Waals surface area contributed by atoms with Gasteiger partial charge in [-0.2, -0.15) is 13.2 Å². The summed E-state index contributed by atoms with van der Waals surface area (Å²) in [6, 6.07) is 4.02. The van der Waals surface area contributed by atoms with Gasteiger partial charge in [0.1, 0.15) is 17.0 Å². The first-order chi connectivity index (χ1) is 17.0. The Hall–Kier alpha value is -3.67. The molecule has 1 aliphatic rings. The van der Waals surface area contributed by atoms with Crippen molar-refractivity contribution in [1.29, 1.82) is 0 Å². The average molecular weight is 505 g/mol. The Bertz CT molecular complexity index is 1300. The number of carbonyl (C=O) groups is 2. The molecule has 0 bridgehead atoms. The van der Waals surface area contributed by atoms with Crippen molar-refractivity contribution in [3.63, 3.8) is 0 Å². The van der Waals surface area contributed by atoms with Gasteiger partial charge in [-0.15, -0.1) is 0 Å². The zero-order valence-corrected chi connectivity index (χ0v) is 19.9. The van der Waals surface area contributed by atoms with E-state index in [0.29, 0.717) is 10.9 Å². The summed E-state index contributed by atoms with van der Waals surface area (Å²) in [5, 5.41) is 5.85. The molecular formula is C24H26F3N5O4. The minimum absolute atomic E-state index is 0.00338. The highest BCUT2D eigenvalue weighted by atomic mass is 19.4. The molecule has 2 amide bonds. The van der Waals surface area contributed by atoms with Gasteiger partial charge in [0.25, 0.3) is 5.91 Å². The van der Waals surface area contributed by atoms with Crippen LogP contribution in [-0.2, 0) is 11.0 Å². The molecule has 1 fully saturated rings. The summed E-state index contributed by atoms with van der Waals surface area (Å²) in [6.07, 6.45) is -2.89. The SMILES string of the molecule is COc1ccc(-c2nc(C(=O)N[C@@H](C)CNC(=O)C3CC3)c([C@H](C)N)o2)c2ccc(C(F)(F)F)nc12. The molecule has 192 valence electrons. The second-order valence-corrected chi connectivity index (χ2v) is 8.82. The number of benzene rings is 1. The molecule has 2 atom stereocenters. The Morgan fingerprint density at radius 3 is 2.53 bits per heavy atom. The number of nitrogens with zero attached hydrogens (tertiary/aromatic N) is 2. The van der Waals surface area contributed by atoms with Gasteiger partial charge in [0.15, 0.2) is 11.5 Å². The van der Waals surface area contributed by atoms with Crippen LogP contribution in [0.5, 0.6) is 5.75 Å². The first kappa shape index (κ1) is 25.4. The number of amides is 2. The van der Waals surface area contributed by atoms with Crippen molar-refractivity contribution in [1.82, 2.24) is 20.6 Å². The fourth-order valence-electron chi connectivity index (χ4n) is 3.71. The number of carbonyl (C=O) groups excluding carboxylic acids is 2.